The van der Waals surface area contributed by atoms with Gasteiger partial charge in [0.2, 0.25) is 0 Å². The lowest BCUT2D eigenvalue weighted by Crippen LogP contribution is -2.33. The van der Waals surface area contributed by atoms with Crippen LogP contribution >= 0.6 is 0 Å². The van der Waals surface area contributed by atoms with Crippen LogP contribution in [0.3, 0.4) is 0 Å². The predicted octanol–water partition coefficient (Wildman–Crippen LogP) is 2.55. The molecule has 0 aromatic heterocycles. The zero-order valence-corrected chi connectivity index (χ0v) is 10.9. The lowest BCUT2D eigenvalue weighted by Gasteiger charge is -2.19. The van der Waals surface area contributed by atoms with E-state index in [0.29, 0.717) is 6.54 Å². The van der Waals surface area contributed by atoms with Crippen molar-refractivity contribution in [2.45, 2.75) is 45.7 Å². The van der Waals surface area contributed by atoms with E-state index in [1.807, 2.05) is 12.1 Å². The summed E-state index contributed by atoms with van der Waals surface area (Å²) in [6.07, 6.45) is 0. The van der Waals surface area contributed by atoms with Gasteiger partial charge in [0.25, 0.3) is 0 Å². The fourth-order valence-electron chi connectivity index (χ4n) is 1.48. The zero-order chi connectivity index (χ0) is 13.1. The Morgan fingerprint density at radius 1 is 1.29 bits per heavy atom. The summed E-state index contributed by atoms with van der Waals surface area (Å²) in [5.41, 5.74) is 2.54. The first-order valence-corrected chi connectivity index (χ1v) is 5.86. The van der Waals surface area contributed by atoms with Gasteiger partial charge in [0, 0.05) is 6.54 Å². The average molecular weight is 235 g/mol. The first kappa shape index (κ1) is 13.7. The number of carbonyl (C=O) groups is 1. The standard InChI is InChI=1S/C14H21NO2/c1-10(13(16)17)15-9-11-5-7-12(8-6-11)14(2,3)4/h5-8,10,15H,9H2,1-4H3,(H,16,17)/t10-/m1/s1. The lowest BCUT2D eigenvalue weighted by molar-refractivity contribution is -0.139. The number of rotatable bonds is 4. The smallest absolute Gasteiger partial charge is 0.320 e. The molecule has 0 radical (unpaired) electrons. The average Bonchev–Trinajstić information content (AvgIpc) is 2.25. The predicted molar refractivity (Wildman–Crippen MR) is 69.1 cm³/mol. The maximum atomic E-state index is 10.6. The van der Waals surface area contributed by atoms with E-state index in [4.69, 9.17) is 5.11 Å². The molecule has 17 heavy (non-hydrogen) atoms. The molecule has 1 aromatic carbocycles. The van der Waals surface area contributed by atoms with Gasteiger partial charge in [0.1, 0.15) is 6.04 Å². The third-order valence-corrected chi connectivity index (χ3v) is 2.80. The number of carboxylic acids is 1. The van der Waals surface area contributed by atoms with Gasteiger partial charge in [-0.05, 0) is 23.5 Å². The first-order valence-electron chi connectivity index (χ1n) is 5.86. The molecule has 0 unspecified atom stereocenters. The Balaban J connectivity index is 2.60. The summed E-state index contributed by atoms with van der Waals surface area (Å²) in [6, 6.07) is 7.77. The minimum absolute atomic E-state index is 0.153. The molecule has 0 fully saturated rings. The van der Waals surface area contributed by atoms with Gasteiger partial charge >= 0.3 is 5.97 Å². The molecule has 0 saturated heterocycles. The fourth-order valence-corrected chi connectivity index (χ4v) is 1.48. The van der Waals surface area contributed by atoms with Crippen molar-refractivity contribution in [3.63, 3.8) is 0 Å². The Bertz CT molecular complexity index is 376. The van der Waals surface area contributed by atoms with Crippen LogP contribution in [0.2, 0.25) is 0 Å². The Hall–Kier alpha value is -1.35. The number of hydrogen-bond donors (Lipinski definition) is 2. The lowest BCUT2D eigenvalue weighted by atomic mass is 9.87. The second kappa shape index (κ2) is 5.32. The summed E-state index contributed by atoms with van der Waals surface area (Å²) in [4.78, 5) is 10.6. The third kappa shape index (κ3) is 4.19. The number of hydrogen-bond acceptors (Lipinski definition) is 2. The third-order valence-electron chi connectivity index (χ3n) is 2.80. The Morgan fingerprint density at radius 3 is 2.24 bits per heavy atom. The van der Waals surface area contributed by atoms with E-state index in [1.165, 1.54) is 5.56 Å². The molecular weight excluding hydrogens is 214 g/mol. The van der Waals surface area contributed by atoms with Crippen molar-refractivity contribution in [2.24, 2.45) is 0 Å². The van der Waals surface area contributed by atoms with Crippen LogP contribution in [0.5, 0.6) is 0 Å². The molecule has 1 atom stereocenters. The molecule has 94 valence electrons. The van der Waals surface area contributed by atoms with Crippen LogP contribution in [0.4, 0.5) is 0 Å². The molecule has 0 spiro atoms. The van der Waals surface area contributed by atoms with Gasteiger partial charge in [0.15, 0.2) is 0 Å². The molecule has 3 nitrogen and oxygen atoms in total. The summed E-state index contributed by atoms with van der Waals surface area (Å²) < 4.78 is 0. The molecule has 1 aromatic rings. The molecule has 1 rings (SSSR count). The molecule has 0 amide bonds. The van der Waals surface area contributed by atoms with Crippen molar-refractivity contribution in [3.05, 3.63) is 35.4 Å². The van der Waals surface area contributed by atoms with E-state index in [-0.39, 0.29) is 5.41 Å². The van der Waals surface area contributed by atoms with Crippen molar-refractivity contribution < 1.29 is 9.90 Å². The monoisotopic (exact) mass is 235 g/mol. The van der Waals surface area contributed by atoms with Crippen molar-refractivity contribution in [1.29, 1.82) is 0 Å². The van der Waals surface area contributed by atoms with Gasteiger partial charge in [-0.25, -0.2) is 0 Å². The van der Waals surface area contributed by atoms with Crippen molar-refractivity contribution in [3.8, 4) is 0 Å². The van der Waals surface area contributed by atoms with Gasteiger partial charge in [-0.1, -0.05) is 45.0 Å². The van der Waals surface area contributed by atoms with Gasteiger partial charge in [0.05, 0.1) is 0 Å². The highest BCUT2D eigenvalue weighted by Gasteiger charge is 2.13. The highest BCUT2D eigenvalue weighted by atomic mass is 16.4. The summed E-state index contributed by atoms with van der Waals surface area (Å²) in [5, 5.41) is 11.7. The van der Waals surface area contributed by atoms with Crippen LogP contribution in [0, 0.1) is 0 Å². The Kier molecular flexibility index (Phi) is 4.29. The van der Waals surface area contributed by atoms with Crippen molar-refractivity contribution >= 4 is 5.97 Å². The molecule has 0 aliphatic carbocycles. The van der Waals surface area contributed by atoms with Crippen LogP contribution in [0.25, 0.3) is 0 Å². The van der Waals surface area contributed by atoms with E-state index in [9.17, 15) is 4.79 Å². The van der Waals surface area contributed by atoms with Crippen molar-refractivity contribution in [1.82, 2.24) is 5.32 Å². The van der Waals surface area contributed by atoms with Crippen LogP contribution in [-0.4, -0.2) is 17.1 Å². The summed E-state index contributed by atoms with van der Waals surface area (Å²) >= 11 is 0. The highest BCUT2D eigenvalue weighted by Crippen LogP contribution is 2.22. The summed E-state index contributed by atoms with van der Waals surface area (Å²) in [6.45, 7) is 8.75. The number of carboxylic acid groups (broad SMARTS) is 1. The van der Waals surface area contributed by atoms with E-state index in [0.717, 1.165) is 5.56 Å². The van der Waals surface area contributed by atoms with Crippen LogP contribution < -0.4 is 5.32 Å². The minimum Gasteiger partial charge on any atom is -0.480 e. The maximum absolute atomic E-state index is 10.6. The van der Waals surface area contributed by atoms with Crippen LogP contribution in [-0.2, 0) is 16.8 Å². The molecular formula is C14H21NO2. The SMILES string of the molecule is C[C@@H](NCc1ccc(C(C)(C)C)cc1)C(=O)O. The Labute approximate surface area is 103 Å². The van der Waals surface area contributed by atoms with E-state index >= 15 is 0 Å². The van der Waals surface area contributed by atoms with Crippen molar-refractivity contribution in [2.75, 3.05) is 0 Å². The number of nitrogens with one attached hydrogen (secondary N) is 1. The molecule has 0 aliphatic rings. The molecule has 2 N–H and O–H groups in total. The summed E-state index contributed by atoms with van der Waals surface area (Å²) in [7, 11) is 0. The highest BCUT2D eigenvalue weighted by molar-refractivity contribution is 5.72. The molecule has 0 aliphatic heterocycles. The largest absolute Gasteiger partial charge is 0.480 e. The number of aliphatic carboxylic acids is 1. The van der Waals surface area contributed by atoms with Crippen LogP contribution in [0.15, 0.2) is 24.3 Å². The first-order chi connectivity index (χ1) is 7.80. The quantitative estimate of drug-likeness (QED) is 0.843. The van der Waals surface area contributed by atoms with E-state index < -0.39 is 12.0 Å². The van der Waals surface area contributed by atoms with E-state index in [1.54, 1.807) is 6.92 Å². The fraction of sp³-hybridized carbons (Fsp3) is 0.500. The molecule has 0 saturated carbocycles. The molecule has 0 bridgehead atoms. The van der Waals surface area contributed by atoms with Gasteiger partial charge in [-0.15, -0.1) is 0 Å². The Morgan fingerprint density at radius 2 is 1.82 bits per heavy atom. The topological polar surface area (TPSA) is 49.3 Å². The maximum Gasteiger partial charge on any atom is 0.320 e. The summed E-state index contributed by atoms with van der Waals surface area (Å²) in [5.74, 6) is -0.823. The second-order valence-corrected chi connectivity index (χ2v) is 5.39. The van der Waals surface area contributed by atoms with Gasteiger partial charge in [-0.2, -0.15) is 0 Å². The minimum atomic E-state index is -0.823. The second-order valence-electron chi connectivity index (χ2n) is 5.39. The van der Waals surface area contributed by atoms with Gasteiger partial charge in [-0.3, -0.25) is 4.79 Å². The normalized spacial score (nSPS) is 13.4. The van der Waals surface area contributed by atoms with E-state index in [2.05, 4.69) is 38.2 Å². The molecule has 3 heteroatoms. The number of benzene rings is 1. The van der Waals surface area contributed by atoms with Gasteiger partial charge < -0.3 is 10.4 Å². The van der Waals surface area contributed by atoms with Crippen LogP contribution in [0.1, 0.15) is 38.8 Å². The molecule has 0 heterocycles. The zero-order valence-electron chi connectivity index (χ0n) is 10.9.